The lowest BCUT2D eigenvalue weighted by Crippen LogP contribution is -2.44. The molecule has 0 aromatic carbocycles. The third-order valence-electron chi connectivity index (χ3n) is 3.28. The molecule has 0 aliphatic carbocycles. The van der Waals surface area contributed by atoms with Crippen LogP contribution in [0.15, 0.2) is 34.4 Å². The number of esters is 3. The standard InChI is InChI=1S/C14H15NO6S/c1-19-12(16)8-6-9(13(17)20-2)11(14(18)21-3)15-4-5-22-10(15)7-8/h4-7,9,11H,1-3H3. The lowest BCUT2D eigenvalue weighted by Gasteiger charge is -2.28. The SMILES string of the molecule is COC(=O)C1=CC(C(=O)OC)C(C(=O)OC)N2C=CSC2=C1. The molecule has 0 amide bonds. The molecule has 22 heavy (non-hydrogen) atoms. The number of fused-ring (bicyclic) bond motifs is 1. The fourth-order valence-electron chi connectivity index (χ4n) is 2.24. The summed E-state index contributed by atoms with van der Waals surface area (Å²) in [5.41, 5.74) is 0.181. The molecule has 0 saturated carbocycles. The molecule has 0 N–H and O–H groups in total. The first-order valence-electron chi connectivity index (χ1n) is 6.32. The highest BCUT2D eigenvalue weighted by Crippen LogP contribution is 2.37. The van der Waals surface area contributed by atoms with Gasteiger partial charge in [-0.3, -0.25) is 4.79 Å². The van der Waals surface area contributed by atoms with Gasteiger partial charge in [-0.1, -0.05) is 17.8 Å². The fraction of sp³-hybridized carbons (Fsp3) is 0.357. The number of nitrogens with zero attached hydrogens (tertiary/aromatic N) is 1. The number of hydrogen-bond donors (Lipinski definition) is 0. The Balaban J connectivity index is 2.54. The van der Waals surface area contributed by atoms with Crippen molar-refractivity contribution in [3.05, 3.63) is 34.4 Å². The zero-order valence-electron chi connectivity index (χ0n) is 12.3. The first-order valence-corrected chi connectivity index (χ1v) is 7.20. The Morgan fingerprint density at radius 3 is 2.36 bits per heavy atom. The Bertz CT molecular complexity index is 594. The smallest absolute Gasteiger partial charge is 0.337 e. The second-order valence-corrected chi connectivity index (χ2v) is 5.35. The van der Waals surface area contributed by atoms with Crippen LogP contribution in [0.2, 0.25) is 0 Å². The molecule has 2 atom stereocenters. The van der Waals surface area contributed by atoms with Crippen molar-refractivity contribution in [2.75, 3.05) is 21.3 Å². The number of ether oxygens (including phenoxy) is 3. The predicted molar refractivity (Wildman–Crippen MR) is 78.1 cm³/mol. The van der Waals surface area contributed by atoms with E-state index in [0.717, 1.165) is 0 Å². The third-order valence-corrected chi connectivity index (χ3v) is 4.11. The monoisotopic (exact) mass is 325 g/mol. The second kappa shape index (κ2) is 6.69. The summed E-state index contributed by atoms with van der Waals surface area (Å²) >= 11 is 1.32. The zero-order chi connectivity index (χ0) is 16.3. The Kier molecular flexibility index (Phi) is 4.92. The molecule has 7 nitrogen and oxygen atoms in total. The largest absolute Gasteiger partial charge is 0.468 e. The van der Waals surface area contributed by atoms with Gasteiger partial charge in [0, 0.05) is 6.20 Å². The van der Waals surface area contributed by atoms with Gasteiger partial charge in [0.1, 0.15) is 12.0 Å². The highest BCUT2D eigenvalue weighted by atomic mass is 32.2. The van der Waals surface area contributed by atoms with Crippen LogP contribution in [0.4, 0.5) is 0 Å². The summed E-state index contributed by atoms with van der Waals surface area (Å²) in [5, 5.41) is 2.37. The highest BCUT2D eigenvalue weighted by molar-refractivity contribution is 8.06. The molecule has 2 heterocycles. The summed E-state index contributed by atoms with van der Waals surface area (Å²) in [6.45, 7) is 0. The molecule has 0 saturated heterocycles. The van der Waals surface area contributed by atoms with Gasteiger partial charge in [-0.25, -0.2) is 9.59 Å². The van der Waals surface area contributed by atoms with E-state index in [1.165, 1.54) is 39.2 Å². The van der Waals surface area contributed by atoms with E-state index in [-0.39, 0.29) is 5.57 Å². The minimum absolute atomic E-state index is 0.181. The van der Waals surface area contributed by atoms with Crippen molar-refractivity contribution >= 4 is 29.7 Å². The molecule has 0 fully saturated rings. The Morgan fingerprint density at radius 1 is 1.09 bits per heavy atom. The average Bonchev–Trinajstić information content (AvgIpc) is 2.92. The Labute approximate surface area is 131 Å². The number of carbonyl (C=O) groups is 3. The van der Waals surface area contributed by atoms with Gasteiger partial charge in [0.15, 0.2) is 0 Å². The number of hydrogen-bond acceptors (Lipinski definition) is 8. The summed E-state index contributed by atoms with van der Waals surface area (Å²) in [6.07, 6.45) is 4.59. The van der Waals surface area contributed by atoms with Crippen LogP contribution in [-0.2, 0) is 28.6 Å². The van der Waals surface area contributed by atoms with Crippen LogP contribution in [0.5, 0.6) is 0 Å². The van der Waals surface area contributed by atoms with Gasteiger partial charge in [-0.05, 0) is 11.5 Å². The molecule has 2 aliphatic rings. The maximum Gasteiger partial charge on any atom is 0.337 e. The van der Waals surface area contributed by atoms with Crippen molar-refractivity contribution in [2.45, 2.75) is 6.04 Å². The molecule has 0 aromatic rings. The normalized spacial score (nSPS) is 23.0. The van der Waals surface area contributed by atoms with E-state index in [2.05, 4.69) is 0 Å². The van der Waals surface area contributed by atoms with Crippen LogP contribution in [-0.4, -0.2) is 50.2 Å². The summed E-state index contributed by atoms with van der Waals surface area (Å²) < 4.78 is 14.3. The number of methoxy groups -OCH3 is 3. The quantitative estimate of drug-likeness (QED) is 0.556. The summed E-state index contributed by atoms with van der Waals surface area (Å²) in [6, 6.07) is -0.947. The van der Waals surface area contributed by atoms with Gasteiger partial charge in [0.05, 0.1) is 31.9 Å². The van der Waals surface area contributed by atoms with E-state index in [4.69, 9.17) is 14.2 Å². The zero-order valence-corrected chi connectivity index (χ0v) is 13.1. The molecule has 0 spiro atoms. The summed E-state index contributed by atoms with van der Waals surface area (Å²) in [4.78, 5) is 37.7. The van der Waals surface area contributed by atoms with Gasteiger partial charge in [-0.15, -0.1) is 0 Å². The molecular weight excluding hydrogens is 310 g/mol. The molecular formula is C14H15NO6S. The number of thioether (sulfide) groups is 1. The molecule has 8 heteroatoms. The van der Waals surface area contributed by atoms with Crippen molar-refractivity contribution in [3.8, 4) is 0 Å². The van der Waals surface area contributed by atoms with Crippen molar-refractivity contribution in [2.24, 2.45) is 5.92 Å². The molecule has 2 unspecified atom stereocenters. The number of carbonyl (C=O) groups excluding carboxylic acids is 3. The molecule has 0 bridgehead atoms. The second-order valence-electron chi connectivity index (χ2n) is 4.42. The van der Waals surface area contributed by atoms with Crippen LogP contribution in [0.25, 0.3) is 0 Å². The van der Waals surface area contributed by atoms with E-state index in [0.29, 0.717) is 5.03 Å². The summed E-state index contributed by atoms with van der Waals surface area (Å²) in [7, 11) is 3.70. The minimum Gasteiger partial charge on any atom is -0.468 e. The van der Waals surface area contributed by atoms with Crippen molar-refractivity contribution in [1.82, 2.24) is 4.90 Å². The molecule has 2 rings (SSSR count). The predicted octanol–water partition coefficient (Wildman–Crippen LogP) is 0.792. The average molecular weight is 325 g/mol. The van der Waals surface area contributed by atoms with E-state index in [1.54, 1.807) is 22.6 Å². The van der Waals surface area contributed by atoms with Gasteiger partial charge in [-0.2, -0.15) is 0 Å². The van der Waals surface area contributed by atoms with Crippen molar-refractivity contribution in [3.63, 3.8) is 0 Å². The van der Waals surface area contributed by atoms with Crippen LogP contribution in [0, 0.1) is 5.92 Å². The van der Waals surface area contributed by atoms with Gasteiger partial charge < -0.3 is 19.1 Å². The van der Waals surface area contributed by atoms with Gasteiger partial charge in [0.25, 0.3) is 0 Å². The lowest BCUT2D eigenvalue weighted by molar-refractivity contribution is -0.155. The third kappa shape index (κ3) is 2.87. The number of rotatable bonds is 3. The molecule has 2 aliphatic heterocycles. The minimum atomic E-state index is -0.997. The fourth-order valence-corrected chi connectivity index (χ4v) is 3.06. The van der Waals surface area contributed by atoms with Crippen LogP contribution in [0.3, 0.4) is 0 Å². The Hall–Kier alpha value is -2.22. The molecule has 0 aromatic heterocycles. The summed E-state index contributed by atoms with van der Waals surface area (Å²) in [5.74, 6) is -2.84. The molecule has 118 valence electrons. The van der Waals surface area contributed by atoms with Crippen LogP contribution < -0.4 is 0 Å². The van der Waals surface area contributed by atoms with Gasteiger partial charge >= 0.3 is 17.9 Å². The van der Waals surface area contributed by atoms with E-state index in [9.17, 15) is 14.4 Å². The van der Waals surface area contributed by atoms with Crippen molar-refractivity contribution < 1.29 is 28.6 Å². The first kappa shape index (κ1) is 16.2. The topological polar surface area (TPSA) is 82.1 Å². The maximum atomic E-state index is 12.2. The van der Waals surface area contributed by atoms with Gasteiger partial charge in [0.2, 0.25) is 0 Å². The van der Waals surface area contributed by atoms with Crippen LogP contribution in [0.1, 0.15) is 0 Å². The molecule has 0 radical (unpaired) electrons. The first-order chi connectivity index (χ1) is 10.5. The lowest BCUT2D eigenvalue weighted by atomic mass is 9.97. The van der Waals surface area contributed by atoms with Crippen LogP contribution >= 0.6 is 11.8 Å². The van der Waals surface area contributed by atoms with E-state index >= 15 is 0 Å². The highest BCUT2D eigenvalue weighted by Gasteiger charge is 2.42. The van der Waals surface area contributed by atoms with E-state index in [1.807, 2.05) is 0 Å². The van der Waals surface area contributed by atoms with E-state index < -0.39 is 29.9 Å². The maximum absolute atomic E-state index is 12.2. The van der Waals surface area contributed by atoms with Crippen molar-refractivity contribution in [1.29, 1.82) is 0 Å². The Morgan fingerprint density at radius 2 is 1.77 bits per heavy atom.